The van der Waals surface area contributed by atoms with E-state index in [2.05, 4.69) is 5.16 Å². The summed E-state index contributed by atoms with van der Waals surface area (Å²) in [5.41, 5.74) is 6.36. The number of rotatable bonds is 2. The largest absolute Gasteiger partial charge is 0.389 e. The van der Waals surface area contributed by atoms with Crippen molar-refractivity contribution in [3.05, 3.63) is 0 Å². The van der Waals surface area contributed by atoms with Crippen LogP contribution in [-0.4, -0.2) is 17.9 Å². The second kappa shape index (κ2) is 2.58. The van der Waals surface area contributed by atoms with Crippen molar-refractivity contribution in [3.63, 3.8) is 0 Å². The average molecular weight is 142 g/mol. The Hall–Kier alpha value is -0.570. The van der Waals surface area contributed by atoms with E-state index in [9.17, 15) is 0 Å². The van der Waals surface area contributed by atoms with Crippen molar-refractivity contribution in [1.82, 2.24) is 0 Å². The van der Waals surface area contributed by atoms with Gasteiger partial charge in [0.15, 0.2) is 0 Å². The standard InChI is InChI=1S/C7H14N2O/c1-7(2)5-6(3-4-8)9-10-7/h3-5,8H2,1-2H3. The molecule has 0 fully saturated rings. The van der Waals surface area contributed by atoms with Crippen molar-refractivity contribution >= 4 is 5.71 Å². The molecule has 1 rings (SSSR count). The Balaban J connectivity index is 2.39. The predicted octanol–water partition coefficient (Wildman–Crippen LogP) is 0.890. The van der Waals surface area contributed by atoms with Gasteiger partial charge >= 0.3 is 0 Å². The maximum atomic E-state index is 5.36. The monoisotopic (exact) mass is 142 g/mol. The molecule has 0 atom stereocenters. The molecule has 1 aliphatic heterocycles. The van der Waals surface area contributed by atoms with Crippen LogP contribution in [0.2, 0.25) is 0 Å². The van der Waals surface area contributed by atoms with E-state index < -0.39 is 0 Å². The van der Waals surface area contributed by atoms with E-state index in [1.165, 1.54) is 0 Å². The van der Waals surface area contributed by atoms with E-state index in [0.29, 0.717) is 6.54 Å². The summed E-state index contributed by atoms with van der Waals surface area (Å²) in [6.45, 7) is 4.72. The molecular formula is C7H14N2O. The van der Waals surface area contributed by atoms with Crippen LogP contribution in [0.4, 0.5) is 0 Å². The Morgan fingerprint density at radius 3 is 2.80 bits per heavy atom. The van der Waals surface area contributed by atoms with Crippen molar-refractivity contribution in [2.45, 2.75) is 32.3 Å². The summed E-state index contributed by atoms with van der Waals surface area (Å²) in [6, 6.07) is 0. The first-order valence-electron chi connectivity index (χ1n) is 3.58. The predicted molar refractivity (Wildman–Crippen MR) is 40.9 cm³/mol. The lowest BCUT2D eigenvalue weighted by Gasteiger charge is -2.13. The summed E-state index contributed by atoms with van der Waals surface area (Å²) in [7, 11) is 0. The minimum absolute atomic E-state index is 0.0928. The van der Waals surface area contributed by atoms with E-state index in [4.69, 9.17) is 10.6 Å². The highest BCUT2D eigenvalue weighted by molar-refractivity contribution is 5.86. The van der Waals surface area contributed by atoms with Gasteiger partial charge in [-0.25, -0.2) is 0 Å². The maximum Gasteiger partial charge on any atom is 0.137 e. The van der Waals surface area contributed by atoms with Crippen molar-refractivity contribution in [2.75, 3.05) is 6.54 Å². The summed E-state index contributed by atoms with van der Waals surface area (Å²) in [5.74, 6) is 0. The van der Waals surface area contributed by atoms with E-state index in [0.717, 1.165) is 18.6 Å². The lowest BCUT2D eigenvalue weighted by molar-refractivity contribution is 0.0123. The van der Waals surface area contributed by atoms with Crippen LogP contribution in [-0.2, 0) is 4.84 Å². The van der Waals surface area contributed by atoms with Gasteiger partial charge in [-0.3, -0.25) is 0 Å². The molecule has 0 spiro atoms. The summed E-state index contributed by atoms with van der Waals surface area (Å²) in [5, 5.41) is 3.91. The first kappa shape index (κ1) is 7.54. The van der Waals surface area contributed by atoms with Crippen molar-refractivity contribution in [1.29, 1.82) is 0 Å². The van der Waals surface area contributed by atoms with Crippen LogP contribution in [0.25, 0.3) is 0 Å². The van der Waals surface area contributed by atoms with E-state index in [-0.39, 0.29) is 5.60 Å². The van der Waals surface area contributed by atoms with Gasteiger partial charge in [0.2, 0.25) is 0 Å². The Kier molecular flexibility index (Phi) is 1.94. The Labute approximate surface area is 61.2 Å². The molecule has 10 heavy (non-hydrogen) atoms. The molecule has 0 saturated heterocycles. The van der Waals surface area contributed by atoms with Gasteiger partial charge in [0.05, 0.1) is 5.71 Å². The number of nitrogens with two attached hydrogens (primary N) is 1. The van der Waals surface area contributed by atoms with Crippen LogP contribution in [0.3, 0.4) is 0 Å². The molecule has 58 valence electrons. The zero-order valence-corrected chi connectivity index (χ0v) is 6.55. The normalized spacial score (nSPS) is 22.1. The fourth-order valence-electron chi connectivity index (χ4n) is 1.04. The van der Waals surface area contributed by atoms with Crippen LogP contribution in [0.1, 0.15) is 26.7 Å². The summed E-state index contributed by atoms with van der Waals surface area (Å²) >= 11 is 0. The smallest absolute Gasteiger partial charge is 0.137 e. The van der Waals surface area contributed by atoms with Crippen LogP contribution >= 0.6 is 0 Å². The Morgan fingerprint density at radius 1 is 1.70 bits per heavy atom. The highest BCUT2D eigenvalue weighted by Gasteiger charge is 2.27. The van der Waals surface area contributed by atoms with Crippen molar-refractivity contribution < 1.29 is 4.84 Å². The first-order valence-corrected chi connectivity index (χ1v) is 3.58. The van der Waals surface area contributed by atoms with Crippen molar-refractivity contribution in [3.8, 4) is 0 Å². The number of hydrogen-bond donors (Lipinski definition) is 1. The van der Waals surface area contributed by atoms with Gasteiger partial charge in [0.1, 0.15) is 5.60 Å². The maximum absolute atomic E-state index is 5.36. The highest BCUT2D eigenvalue weighted by Crippen LogP contribution is 2.22. The third-order valence-corrected chi connectivity index (χ3v) is 1.48. The van der Waals surface area contributed by atoms with Gasteiger partial charge in [-0.1, -0.05) is 5.16 Å². The molecule has 0 aliphatic carbocycles. The molecule has 0 aromatic heterocycles. The SMILES string of the molecule is CC1(C)CC(CCN)=NO1. The summed E-state index contributed by atoms with van der Waals surface area (Å²) < 4.78 is 0. The minimum atomic E-state index is -0.0928. The average Bonchev–Trinajstić information content (AvgIpc) is 2.12. The minimum Gasteiger partial charge on any atom is -0.389 e. The number of hydrogen-bond acceptors (Lipinski definition) is 3. The van der Waals surface area contributed by atoms with E-state index >= 15 is 0 Å². The van der Waals surface area contributed by atoms with Gasteiger partial charge in [0.25, 0.3) is 0 Å². The fourth-order valence-corrected chi connectivity index (χ4v) is 1.04. The fraction of sp³-hybridized carbons (Fsp3) is 0.857. The van der Waals surface area contributed by atoms with Crippen LogP contribution in [0.15, 0.2) is 5.16 Å². The van der Waals surface area contributed by atoms with E-state index in [1.807, 2.05) is 13.8 Å². The molecule has 1 aliphatic rings. The van der Waals surface area contributed by atoms with Gasteiger partial charge in [-0.15, -0.1) is 0 Å². The summed E-state index contributed by atoms with van der Waals surface area (Å²) in [6.07, 6.45) is 1.79. The molecule has 2 N–H and O–H groups in total. The topological polar surface area (TPSA) is 47.6 Å². The molecule has 0 amide bonds. The molecule has 0 unspecified atom stereocenters. The lowest BCUT2D eigenvalue weighted by Crippen LogP contribution is -2.19. The van der Waals surface area contributed by atoms with Crippen LogP contribution < -0.4 is 5.73 Å². The lowest BCUT2D eigenvalue weighted by atomic mass is 10.0. The third-order valence-electron chi connectivity index (χ3n) is 1.48. The molecule has 1 heterocycles. The van der Waals surface area contributed by atoms with Crippen LogP contribution in [0, 0.1) is 0 Å². The molecule has 0 radical (unpaired) electrons. The quantitative estimate of drug-likeness (QED) is 0.622. The molecule has 3 heteroatoms. The molecule has 0 aromatic carbocycles. The van der Waals surface area contributed by atoms with Gasteiger partial charge in [0, 0.05) is 12.8 Å². The molecular weight excluding hydrogens is 128 g/mol. The number of oxime groups is 1. The Morgan fingerprint density at radius 2 is 2.40 bits per heavy atom. The van der Waals surface area contributed by atoms with Crippen molar-refractivity contribution in [2.24, 2.45) is 10.9 Å². The van der Waals surface area contributed by atoms with Crippen LogP contribution in [0.5, 0.6) is 0 Å². The zero-order valence-electron chi connectivity index (χ0n) is 6.55. The third kappa shape index (κ3) is 1.70. The second-order valence-corrected chi connectivity index (χ2v) is 3.22. The molecule has 0 bridgehead atoms. The Bertz CT molecular complexity index is 152. The molecule has 0 saturated carbocycles. The second-order valence-electron chi connectivity index (χ2n) is 3.22. The zero-order chi connectivity index (χ0) is 7.61. The summed E-state index contributed by atoms with van der Waals surface area (Å²) in [4.78, 5) is 5.14. The van der Waals surface area contributed by atoms with Gasteiger partial charge < -0.3 is 10.6 Å². The number of nitrogens with zero attached hydrogens (tertiary/aromatic N) is 1. The highest BCUT2D eigenvalue weighted by atomic mass is 16.7. The van der Waals surface area contributed by atoms with E-state index in [1.54, 1.807) is 0 Å². The van der Waals surface area contributed by atoms with Gasteiger partial charge in [-0.2, -0.15) is 0 Å². The molecule has 0 aromatic rings. The first-order chi connectivity index (χ1) is 4.64. The van der Waals surface area contributed by atoms with Gasteiger partial charge in [-0.05, 0) is 20.4 Å². The molecule has 3 nitrogen and oxygen atoms in total.